The van der Waals surface area contributed by atoms with Gasteiger partial charge in [-0.25, -0.2) is 4.98 Å². The lowest BCUT2D eigenvalue weighted by Crippen LogP contribution is -2.35. The van der Waals surface area contributed by atoms with Gasteiger partial charge in [0.2, 0.25) is 11.8 Å². The summed E-state index contributed by atoms with van der Waals surface area (Å²) in [6.45, 7) is 1.41. The molecule has 0 unspecified atom stereocenters. The van der Waals surface area contributed by atoms with Crippen molar-refractivity contribution in [3.63, 3.8) is 0 Å². The van der Waals surface area contributed by atoms with Crippen molar-refractivity contribution in [3.8, 4) is 0 Å². The fourth-order valence-electron chi connectivity index (χ4n) is 3.54. The summed E-state index contributed by atoms with van der Waals surface area (Å²) >= 11 is 0. The highest BCUT2D eigenvalue weighted by Gasteiger charge is 2.48. The minimum Gasteiger partial charge on any atom is -0.375 e. The number of pyridine rings is 1. The van der Waals surface area contributed by atoms with Crippen LogP contribution in [0.25, 0.3) is 0 Å². The first-order valence-electron chi connectivity index (χ1n) is 8.57. The second-order valence-corrected chi connectivity index (χ2v) is 6.52. The molecule has 1 N–H and O–H groups in total. The molecule has 2 aliphatic heterocycles. The Bertz CT molecular complexity index is 786. The maximum absolute atomic E-state index is 12.6. The molecule has 26 heavy (non-hydrogen) atoms. The van der Waals surface area contributed by atoms with Crippen LogP contribution in [0.1, 0.15) is 5.69 Å². The summed E-state index contributed by atoms with van der Waals surface area (Å²) in [6, 6.07) is 5.52. The lowest BCUT2D eigenvalue weighted by atomic mass is 9.92. The molecule has 0 aliphatic carbocycles. The van der Waals surface area contributed by atoms with Crippen LogP contribution >= 0.6 is 0 Å². The first-order chi connectivity index (χ1) is 12.7. The number of anilines is 1. The van der Waals surface area contributed by atoms with Gasteiger partial charge in [0.1, 0.15) is 0 Å². The Kier molecular flexibility index (Phi) is 4.57. The van der Waals surface area contributed by atoms with Crippen molar-refractivity contribution < 1.29 is 14.3 Å². The van der Waals surface area contributed by atoms with Gasteiger partial charge in [-0.1, -0.05) is 6.07 Å². The summed E-state index contributed by atoms with van der Waals surface area (Å²) in [6.07, 6.45) is 6.42. The molecule has 0 saturated carbocycles. The molecule has 2 aromatic rings. The first kappa shape index (κ1) is 16.6. The minimum atomic E-state index is -0.297. The van der Waals surface area contributed by atoms with Gasteiger partial charge in [0, 0.05) is 43.3 Å². The Hall–Kier alpha value is -2.87. The molecule has 134 valence electrons. The van der Waals surface area contributed by atoms with Crippen molar-refractivity contribution in [2.45, 2.75) is 12.5 Å². The molecule has 2 saturated heterocycles. The van der Waals surface area contributed by atoms with Crippen LogP contribution in [0.3, 0.4) is 0 Å². The van der Waals surface area contributed by atoms with E-state index in [1.807, 2.05) is 18.2 Å². The van der Waals surface area contributed by atoms with Gasteiger partial charge in [0.25, 0.3) is 0 Å². The maximum Gasteiger partial charge on any atom is 0.231 e. The van der Waals surface area contributed by atoms with Crippen LogP contribution < -0.4 is 5.32 Å². The minimum absolute atomic E-state index is 0.000598. The van der Waals surface area contributed by atoms with Crippen LogP contribution in [0.4, 0.5) is 5.82 Å². The van der Waals surface area contributed by atoms with Crippen molar-refractivity contribution in [1.82, 2.24) is 19.9 Å². The average molecular weight is 353 g/mol. The molecule has 2 amide bonds. The third-order valence-corrected chi connectivity index (χ3v) is 4.88. The van der Waals surface area contributed by atoms with Gasteiger partial charge < -0.3 is 15.0 Å². The van der Waals surface area contributed by atoms with E-state index in [0.717, 1.165) is 5.69 Å². The van der Waals surface area contributed by atoms with Crippen LogP contribution in [0, 0.1) is 11.8 Å². The summed E-state index contributed by atoms with van der Waals surface area (Å²) in [7, 11) is 0. The monoisotopic (exact) mass is 353 g/mol. The molecule has 0 bridgehead atoms. The Labute approximate surface area is 150 Å². The molecule has 4 heterocycles. The van der Waals surface area contributed by atoms with E-state index in [1.165, 1.54) is 12.4 Å². The molecule has 0 radical (unpaired) electrons. The van der Waals surface area contributed by atoms with E-state index in [0.29, 0.717) is 25.5 Å². The van der Waals surface area contributed by atoms with E-state index in [9.17, 15) is 9.59 Å². The molecule has 0 aromatic carbocycles. The molecule has 2 aromatic heterocycles. The van der Waals surface area contributed by atoms with Gasteiger partial charge in [-0.3, -0.25) is 19.6 Å². The molecule has 8 nitrogen and oxygen atoms in total. The molecule has 2 aliphatic rings. The van der Waals surface area contributed by atoms with E-state index < -0.39 is 0 Å². The highest BCUT2D eigenvalue weighted by atomic mass is 16.5. The van der Waals surface area contributed by atoms with Gasteiger partial charge in [0.15, 0.2) is 5.82 Å². The SMILES string of the molecule is O=C(Nc1cnccn1)[C@@H]1CO[C@H]2CN(C(=O)Cc3ccccn3)C[C@@H]21. The Morgan fingerprint density at radius 1 is 1.19 bits per heavy atom. The number of nitrogens with zero attached hydrogens (tertiary/aromatic N) is 4. The van der Waals surface area contributed by atoms with E-state index in [2.05, 4.69) is 20.3 Å². The molecule has 0 spiro atoms. The van der Waals surface area contributed by atoms with Crippen LogP contribution in [0.2, 0.25) is 0 Å². The number of hydrogen-bond acceptors (Lipinski definition) is 6. The van der Waals surface area contributed by atoms with Crippen LogP contribution in [-0.2, 0) is 20.7 Å². The third-order valence-electron chi connectivity index (χ3n) is 4.88. The van der Waals surface area contributed by atoms with Crippen LogP contribution in [0.5, 0.6) is 0 Å². The quantitative estimate of drug-likeness (QED) is 0.861. The van der Waals surface area contributed by atoms with E-state index in [-0.39, 0.29) is 36.2 Å². The summed E-state index contributed by atoms with van der Waals surface area (Å²) < 4.78 is 5.77. The molecule has 3 atom stereocenters. The van der Waals surface area contributed by atoms with Gasteiger partial charge in [-0.05, 0) is 12.1 Å². The van der Waals surface area contributed by atoms with E-state index >= 15 is 0 Å². The summed E-state index contributed by atoms with van der Waals surface area (Å²) in [5.74, 6) is -0.0112. The van der Waals surface area contributed by atoms with Crippen LogP contribution in [0.15, 0.2) is 43.0 Å². The highest BCUT2D eigenvalue weighted by Crippen LogP contribution is 2.34. The van der Waals surface area contributed by atoms with Crippen molar-refractivity contribution >= 4 is 17.6 Å². The van der Waals surface area contributed by atoms with Crippen molar-refractivity contribution in [1.29, 1.82) is 0 Å². The number of nitrogens with one attached hydrogen (secondary N) is 1. The van der Waals surface area contributed by atoms with Crippen molar-refractivity contribution in [2.75, 3.05) is 25.0 Å². The zero-order chi connectivity index (χ0) is 17.9. The smallest absolute Gasteiger partial charge is 0.231 e. The zero-order valence-electron chi connectivity index (χ0n) is 14.1. The molecular formula is C18H19N5O3. The fraction of sp³-hybridized carbons (Fsp3) is 0.389. The fourth-order valence-corrected chi connectivity index (χ4v) is 3.54. The Balaban J connectivity index is 1.37. The van der Waals surface area contributed by atoms with Crippen molar-refractivity contribution in [2.24, 2.45) is 11.8 Å². The van der Waals surface area contributed by atoms with Crippen LogP contribution in [-0.4, -0.2) is 57.5 Å². The lowest BCUT2D eigenvalue weighted by molar-refractivity contribution is -0.131. The van der Waals surface area contributed by atoms with Gasteiger partial charge in [-0.15, -0.1) is 0 Å². The largest absolute Gasteiger partial charge is 0.375 e. The first-order valence-corrected chi connectivity index (χ1v) is 8.57. The number of likely N-dealkylation sites (tertiary alicyclic amines) is 1. The number of carbonyl (C=O) groups is 2. The standard InChI is InChI=1S/C18H19N5O3/c24-17(7-12-3-1-2-4-20-12)23-9-13-14(11-26-15(13)10-23)18(25)22-16-8-19-5-6-21-16/h1-6,8,13-15H,7,9-11H2,(H,21,22,25)/t13-,14-,15+/m1/s1. The Morgan fingerprint density at radius 2 is 2.12 bits per heavy atom. The maximum atomic E-state index is 12.6. The number of fused-ring (bicyclic) bond motifs is 1. The van der Waals surface area contributed by atoms with Crippen molar-refractivity contribution in [3.05, 3.63) is 48.7 Å². The highest BCUT2D eigenvalue weighted by molar-refractivity contribution is 5.92. The number of amides is 2. The van der Waals surface area contributed by atoms with Gasteiger partial charge >= 0.3 is 0 Å². The summed E-state index contributed by atoms with van der Waals surface area (Å²) in [5, 5.41) is 2.77. The van der Waals surface area contributed by atoms with Gasteiger partial charge in [-0.2, -0.15) is 0 Å². The predicted octanol–water partition coefficient (Wildman–Crippen LogP) is 0.526. The third kappa shape index (κ3) is 3.41. The Morgan fingerprint density at radius 3 is 2.88 bits per heavy atom. The predicted molar refractivity (Wildman–Crippen MR) is 91.9 cm³/mol. The summed E-state index contributed by atoms with van der Waals surface area (Å²) in [5.41, 5.74) is 0.743. The van der Waals surface area contributed by atoms with E-state index in [4.69, 9.17) is 4.74 Å². The summed E-state index contributed by atoms with van der Waals surface area (Å²) in [4.78, 5) is 39.0. The number of rotatable bonds is 4. The topological polar surface area (TPSA) is 97.3 Å². The number of ether oxygens (including phenoxy) is 1. The molecule has 8 heteroatoms. The number of carbonyl (C=O) groups excluding carboxylic acids is 2. The lowest BCUT2D eigenvalue weighted by Gasteiger charge is -2.19. The second-order valence-electron chi connectivity index (χ2n) is 6.52. The number of hydrogen-bond donors (Lipinski definition) is 1. The molecular weight excluding hydrogens is 334 g/mol. The second kappa shape index (κ2) is 7.17. The number of aromatic nitrogens is 3. The van der Waals surface area contributed by atoms with E-state index in [1.54, 1.807) is 17.3 Å². The molecule has 2 fully saturated rings. The van der Waals surface area contributed by atoms with Gasteiger partial charge in [0.05, 0.1) is 31.2 Å². The average Bonchev–Trinajstić information content (AvgIpc) is 3.24. The normalized spacial score (nSPS) is 24.3. The zero-order valence-corrected chi connectivity index (χ0v) is 14.1. The molecule has 4 rings (SSSR count).